The third-order valence-electron chi connectivity index (χ3n) is 3.98. The predicted molar refractivity (Wildman–Crippen MR) is 97.3 cm³/mol. The second kappa shape index (κ2) is 11.3. The largest absolute Gasteiger partial charge is 0.497 e. The Morgan fingerprint density at radius 1 is 0.917 bits per heavy atom. The molecule has 1 aromatic rings. The first-order valence-electron chi connectivity index (χ1n) is 8.77. The van der Waals surface area contributed by atoms with Gasteiger partial charge in [0.1, 0.15) is 16.4 Å². The lowest BCUT2D eigenvalue weighted by molar-refractivity contribution is 0.392. The summed E-state index contributed by atoms with van der Waals surface area (Å²) in [5, 5.41) is 0. The predicted octanol–water partition coefficient (Wildman–Crippen LogP) is 4.12. The van der Waals surface area contributed by atoms with Gasteiger partial charge in [-0.3, -0.25) is 0 Å². The van der Waals surface area contributed by atoms with Gasteiger partial charge in [0.25, 0.3) is 0 Å². The zero-order valence-corrected chi connectivity index (χ0v) is 16.0. The standard InChI is InChI=1S/C18H31NO4S/c1-4-5-6-7-8-9-10-11-14-19-24(20,21)18-15-16(22-2)12-13-17(18)23-3/h12-13,15,19H,4-11,14H2,1-3H3. The minimum absolute atomic E-state index is 0.115. The van der Waals surface area contributed by atoms with Crippen LogP contribution in [0.1, 0.15) is 58.3 Å². The van der Waals surface area contributed by atoms with Crippen LogP contribution in [0.4, 0.5) is 0 Å². The summed E-state index contributed by atoms with van der Waals surface area (Å²) in [6.07, 6.45) is 9.44. The number of hydrogen-bond donors (Lipinski definition) is 1. The first kappa shape index (κ1) is 20.8. The van der Waals surface area contributed by atoms with E-state index >= 15 is 0 Å². The Labute approximate surface area is 146 Å². The maximum Gasteiger partial charge on any atom is 0.244 e. The normalized spacial score (nSPS) is 11.5. The van der Waals surface area contributed by atoms with E-state index in [9.17, 15) is 8.42 Å². The van der Waals surface area contributed by atoms with Gasteiger partial charge in [0, 0.05) is 12.6 Å². The summed E-state index contributed by atoms with van der Waals surface area (Å²) >= 11 is 0. The van der Waals surface area contributed by atoms with Crippen molar-refractivity contribution in [2.45, 2.75) is 63.2 Å². The Kier molecular flexibility index (Phi) is 9.79. The summed E-state index contributed by atoms with van der Waals surface area (Å²) in [6.45, 7) is 2.65. The van der Waals surface area contributed by atoms with Crippen LogP contribution in [-0.2, 0) is 10.0 Å². The molecule has 0 radical (unpaired) electrons. The van der Waals surface area contributed by atoms with Gasteiger partial charge < -0.3 is 9.47 Å². The Morgan fingerprint density at radius 2 is 1.54 bits per heavy atom. The van der Waals surface area contributed by atoms with Gasteiger partial charge in [0.2, 0.25) is 10.0 Å². The highest BCUT2D eigenvalue weighted by Crippen LogP contribution is 2.27. The maximum absolute atomic E-state index is 12.4. The molecule has 0 aliphatic rings. The van der Waals surface area contributed by atoms with Crippen molar-refractivity contribution in [1.82, 2.24) is 4.72 Å². The fourth-order valence-corrected chi connectivity index (χ4v) is 3.79. The van der Waals surface area contributed by atoms with E-state index in [-0.39, 0.29) is 4.90 Å². The zero-order valence-electron chi connectivity index (χ0n) is 15.1. The molecule has 0 saturated carbocycles. The van der Waals surface area contributed by atoms with Crippen LogP contribution in [0.2, 0.25) is 0 Å². The van der Waals surface area contributed by atoms with Gasteiger partial charge in [-0.25, -0.2) is 13.1 Å². The molecule has 0 unspecified atom stereocenters. The van der Waals surface area contributed by atoms with Crippen molar-refractivity contribution in [2.75, 3.05) is 20.8 Å². The number of nitrogens with one attached hydrogen (secondary N) is 1. The maximum atomic E-state index is 12.4. The van der Waals surface area contributed by atoms with Crippen LogP contribution in [0.5, 0.6) is 11.5 Å². The number of methoxy groups -OCH3 is 2. The molecule has 0 spiro atoms. The molecule has 0 atom stereocenters. The fraction of sp³-hybridized carbons (Fsp3) is 0.667. The van der Waals surface area contributed by atoms with Crippen molar-refractivity contribution in [3.8, 4) is 11.5 Å². The molecule has 5 nitrogen and oxygen atoms in total. The van der Waals surface area contributed by atoms with E-state index < -0.39 is 10.0 Å². The summed E-state index contributed by atoms with van der Waals surface area (Å²) in [5.41, 5.74) is 0. The third-order valence-corrected chi connectivity index (χ3v) is 5.46. The lowest BCUT2D eigenvalue weighted by Gasteiger charge is -2.12. The number of hydrogen-bond acceptors (Lipinski definition) is 4. The van der Waals surface area contributed by atoms with E-state index in [1.54, 1.807) is 12.1 Å². The van der Waals surface area contributed by atoms with Crippen molar-refractivity contribution in [3.63, 3.8) is 0 Å². The minimum atomic E-state index is -3.60. The molecular weight excluding hydrogens is 326 g/mol. The SMILES string of the molecule is CCCCCCCCCCNS(=O)(=O)c1cc(OC)ccc1OC. The van der Waals surface area contributed by atoms with Crippen LogP contribution in [0.3, 0.4) is 0 Å². The highest BCUT2D eigenvalue weighted by Gasteiger charge is 2.19. The zero-order chi connectivity index (χ0) is 17.8. The molecule has 0 aromatic heterocycles. The first-order valence-corrected chi connectivity index (χ1v) is 10.2. The van der Waals surface area contributed by atoms with Crippen molar-refractivity contribution in [2.24, 2.45) is 0 Å². The molecule has 0 bridgehead atoms. The number of unbranched alkanes of at least 4 members (excludes halogenated alkanes) is 7. The molecule has 1 N–H and O–H groups in total. The summed E-state index contributed by atoms with van der Waals surface area (Å²) in [6, 6.07) is 4.76. The van der Waals surface area contributed by atoms with Crippen molar-refractivity contribution in [3.05, 3.63) is 18.2 Å². The van der Waals surface area contributed by atoms with Gasteiger partial charge in [-0.15, -0.1) is 0 Å². The van der Waals surface area contributed by atoms with Crippen LogP contribution < -0.4 is 14.2 Å². The quantitative estimate of drug-likeness (QED) is 0.539. The Morgan fingerprint density at radius 3 is 2.12 bits per heavy atom. The average molecular weight is 358 g/mol. The first-order chi connectivity index (χ1) is 11.5. The van der Waals surface area contributed by atoms with Crippen molar-refractivity contribution >= 4 is 10.0 Å². The highest BCUT2D eigenvalue weighted by atomic mass is 32.2. The lowest BCUT2D eigenvalue weighted by Crippen LogP contribution is -2.25. The molecule has 1 rings (SSSR count). The third kappa shape index (κ3) is 7.09. The molecule has 1 aromatic carbocycles. The molecule has 0 saturated heterocycles. The second-order valence-corrected chi connectivity index (χ2v) is 7.62. The number of rotatable bonds is 13. The molecular formula is C18H31NO4S. The van der Waals surface area contributed by atoms with E-state index in [2.05, 4.69) is 11.6 Å². The molecule has 0 heterocycles. The Bertz CT molecular complexity index is 572. The average Bonchev–Trinajstić information content (AvgIpc) is 2.59. The van der Waals surface area contributed by atoms with Crippen LogP contribution >= 0.6 is 0 Å². The number of benzene rings is 1. The van der Waals surface area contributed by atoms with Crippen LogP contribution in [0.25, 0.3) is 0 Å². The van der Waals surface area contributed by atoms with E-state index in [0.717, 1.165) is 19.3 Å². The number of ether oxygens (including phenoxy) is 2. The van der Waals surface area contributed by atoms with Crippen molar-refractivity contribution in [1.29, 1.82) is 0 Å². The van der Waals surface area contributed by atoms with Crippen LogP contribution in [0, 0.1) is 0 Å². The molecule has 0 aliphatic heterocycles. The molecule has 0 fully saturated rings. The second-order valence-electron chi connectivity index (χ2n) is 5.89. The Hall–Kier alpha value is -1.27. The molecule has 6 heteroatoms. The Balaban J connectivity index is 2.41. The van der Waals surface area contributed by atoms with Gasteiger partial charge in [-0.2, -0.15) is 0 Å². The van der Waals surface area contributed by atoms with Gasteiger partial charge in [-0.1, -0.05) is 51.9 Å². The summed E-state index contributed by atoms with van der Waals surface area (Å²) in [4.78, 5) is 0.115. The monoisotopic (exact) mass is 357 g/mol. The van der Waals surface area contributed by atoms with Gasteiger partial charge in [-0.05, 0) is 18.6 Å². The fourth-order valence-electron chi connectivity index (χ4n) is 2.54. The summed E-state index contributed by atoms with van der Waals surface area (Å²) < 4.78 is 37.8. The lowest BCUT2D eigenvalue weighted by atomic mass is 10.1. The smallest absolute Gasteiger partial charge is 0.244 e. The van der Waals surface area contributed by atoms with Crippen LogP contribution in [-0.4, -0.2) is 29.2 Å². The van der Waals surface area contributed by atoms with E-state index in [1.165, 1.54) is 52.4 Å². The van der Waals surface area contributed by atoms with Gasteiger partial charge in [0.05, 0.1) is 14.2 Å². The summed E-state index contributed by atoms with van der Waals surface area (Å²) in [7, 11) is -0.632. The van der Waals surface area contributed by atoms with E-state index in [1.807, 2.05) is 0 Å². The molecule has 0 amide bonds. The van der Waals surface area contributed by atoms with Gasteiger partial charge in [0.15, 0.2) is 0 Å². The molecule has 24 heavy (non-hydrogen) atoms. The molecule has 0 aliphatic carbocycles. The summed E-state index contributed by atoms with van der Waals surface area (Å²) in [5.74, 6) is 0.808. The van der Waals surface area contributed by atoms with Crippen LogP contribution in [0.15, 0.2) is 23.1 Å². The van der Waals surface area contributed by atoms with Gasteiger partial charge >= 0.3 is 0 Å². The van der Waals surface area contributed by atoms with E-state index in [4.69, 9.17) is 9.47 Å². The minimum Gasteiger partial charge on any atom is -0.497 e. The molecule has 138 valence electrons. The highest BCUT2D eigenvalue weighted by molar-refractivity contribution is 7.89. The number of sulfonamides is 1. The van der Waals surface area contributed by atoms with Crippen molar-refractivity contribution < 1.29 is 17.9 Å². The van der Waals surface area contributed by atoms with E-state index in [0.29, 0.717) is 18.0 Å². The topological polar surface area (TPSA) is 64.6 Å².